The maximum atomic E-state index is 12.4. The van der Waals surface area contributed by atoms with Gasteiger partial charge in [-0.15, -0.1) is 11.3 Å². The predicted molar refractivity (Wildman–Crippen MR) is 81.2 cm³/mol. The molecule has 0 bridgehead atoms. The smallest absolute Gasteiger partial charge is 0.262 e. The zero-order valence-electron chi connectivity index (χ0n) is 12.2. The third-order valence-electron chi connectivity index (χ3n) is 3.29. The Morgan fingerprint density at radius 3 is 2.85 bits per heavy atom. The largest absolute Gasteiger partial charge is 0.352 e. The molecule has 0 aliphatic heterocycles. The molecule has 0 fully saturated rings. The second-order valence-corrected chi connectivity index (χ2v) is 6.24. The molecule has 0 spiro atoms. The van der Waals surface area contributed by atoms with E-state index in [0.717, 1.165) is 16.1 Å². The lowest BCUT2D eigenvalue weighted by molar-refractivity contribution is -0.122. The highest BCUT2D eigenvalue weighted by molar-refractivity contribution is 7.18. The summed E-state index contributed by atoms with van der Waals surface area (Å²) in [4.78, 5) is 30.5. The number of carbonyl (C=O) groups excluding carboxylic acids is 1. The molecule has 2 aromatic rings. The summed E-state index contributed by atoms with van der Waals surface area (Å²) in [7, 11) is 0. The molecular formula is C14H19N3O2S. The van der Waals surface area contributed by atoms with Crippen LogP contribution in [0.1, 0.15) is 31.0 Å². The Morgan fingerprint density at radius 2 is 2.20 bits per heavy atom. The summed E-state index contributed by atoms with van der Waals surface area (Å²) in [5.41, 5.74) is -0.142. The van der Waals surface area contributed by atoms with Crippen molar-refractivity contribution in [3.63, 3.8) is 0 Å². The molecule has 2 rings (SSSR count). The van der Waals surface area contributed by atoms with E-state index in [4.69, 9.17) is 0 Å². The van der Waals surface area contributed by atoms with Crippen molar-refractivity contribution < 1.29 is 4.79 Å². The molecule has 0 aromatic carbocycles. The standard InChI is InChI=1S/C14H19N3O2S/c1-5-8(2)15-12(18)7-17-10(4)16-13-11(14(17)19)6-9(3)20-13/h6,8H,5,7H2,1-4H3,(H,15,18). The predicted octanol–water partition coefficient (Wildman–Crippen LogP) is 1.99. The van der Waals surface area contributed by atoms with Crippen LogP contribution >= 0.6 is 11.3 Å². The normalized spacial score (nSPS) is 12.6. The van der Waals surface area contributed by atoms with E-state index in [1.54, 1.807) is 6.92 Å². The van der Waals surface area contributed by atoms with E-state index in [-0.39, 0.29) is 24.1 Å². The molecule has 0 saturated carbocycles. The molecule has 0 saturated heterocycles. The Bertz CT molecular complexity index is 702. The lowest BCUT2D eigenvalue weighted by atomic mass is 10.2. The number of thiophene rings is 1. The lowest BCUT2D eigenvalue weighted by Crippen LogP contribution is -2.38. The number of aryl methyl sites for hydroxylation is 2. The Hall–Kier alpha value is -1.69. The molecule has 0 radical (unpaired) electrons. The Labute approximate surface area is 121 Å². The minimum atomic E-state index is -0.155. The van der Waals surface area contributed by atoms with Crippen molar-refractivity contribution >= 4 is 27.5 Å². The van der Waals surface area contributed by atoms with Gasteiger partial charge in [0.1, 0.15) is 17.2 Å². The zero-order chi connectivity index (χ0) is 14.9. The number of hydrogen-bond donors (Lipinski definition) is 1. The van der Waals surface area contributed by atoms with Crippen molar-refractivity contribution in [1.82, 2.24) is 14.9 Å². The molecule has 1 N–H and O–H groups in total. The average Bonchev–Trinajstić information content (AvgIpc) is 2.75. The number of fused-ring (bicyclic) bond motifs is 1. The maximum absolute atomic E-state index is 12.4. The van der Waals surface area contributed by atoms with Crippen molar-refractivity contribution in [1.29, 1.82) is 0 Å². The van der Waals surface area contributed by atoms with Gasteiger partial charge in [0.2, 0.25) is 5.91 Å². The van der Waals surface area contributed by atoms with Crippen molar-refractivity contribution in [3.05, 3.63) is 27.1 Å². The summed E-state index contributed by atoms with van der Waals surface area (Å²) in [6.45, 7) is 7.67. The van der Waals surface area contributed by atoms with Gasteiger partial charge in [0.15, 0.2) is 0 Å². The van der Waals surface area contributed by atoms with E-state index in [1.165, 1.54) is 15.9 Å². The number of nitrogens with one attached hydrogen (secondary N) is 1. The highest BCUT2D eigenvalue weighted by atomic mass is 32.1. The number of amides is 1. The van der Waals surface area contributed by atoms with E-state index < -0.39 is 0 Å². The number of rotatable bonds is 4. The minimum Gasteiger partial charge on any atom is -0.352 e. The van der Waals surface area contributed by atoms with Crippen LogP contribution in [0, 0.1) is 13.8 Å². The van der Waals surface area contributed by atoms with Crippen LogP contribution in [0.15, 0.2) is 10.9 Å². The number of carbonyl (C=O) groups is 1. The van der Waals surface area contributed by atoms with Crippen LogP contribution in [-0.2, 0) is 11.3 Å². The van der Waals surface area contributed by atoms with E-state index in [0.29, 0.717) is 11.2 Å². The third-order valence-corrected chi connectivity index (χ3v) is 4.23. The van der Waals surface area contributed by atoms with Gasteiger partial charge in [0, 0.05) is 10.9 Å². The van der Waals surface area contributed by atoms with E-state index in [9.17, 15) is 9.59 Å². The molecule has 2 heterocycles. The van der Waals surface area contributed by atoms with Crippen molar-refractivity contribution in [2.75, 3.05) is 0 Å². The molecule has 6 heteroatoms. The molecule has 0 aliphatic carbocycles. The van der Waals surface area contributed by atoms with Crippen LogP contribution in [0.3, 0.4) is 0 Å². The monoisotopic (exact) mass is 293 g/mol. The first kappa shape index (κ1) is 14.7. The van der Waals surface area contributed by atoms with Crippen molar-refractivity contribution in [3.8, 4) is 0 Å². The Kier molecular flexibility index (Phi) is 4.23. The molecule has 1 unspecified atom stereocenters. The highest BCUT2D eigenvalue weighted by Gasteiger charge is 2.14. The van der Waals surface area contributed by atoms with Crippen LogP contribution in [0.2, 0.25) is 0 Å². The van der Waals surface area contributed by atoms with Crippen molar-refractivity contribution in [2.24, 2.45) is 0 Å². The van der Waals surface area contributed by atoms with Crippen molar-refractivity contribution in [2.45, 2.75) is 46.7 Å². The van der Waals surface area contributed by atoms with Crippen LogP contribution in [-0.4, -0.2) is 21.5 Å². The summed E-state index contributed by atoms with van der Waals surface area (Å²) in [5, 5.41) is 3.45. The van der Waals surface area contributed by atoms with Crippen LogP contribution in [0.25, 0.3) is 10.2 Å². The second-order valence-electron chi connectivity index (χ2n) is 5.00. The van der Waals surface area contributed by atoms with E-state index >= 15 is 0 Å². The van der Waals surface area contributed by atoms with Crippen LogP contribution in [0.5, 0.6) is 0 Å². The van der Waals surface area contributed by atoms with Gasteiger partial charge < -0.3 is 5.32 Å². The van der Waals surface area contributed by atoms with Gasteiger partial charge in [0.25, 0.3) is 5.56 Å². The topological polar surface area (TPSA) is 64.0 Å². The minimum absolute atomic E-state index is 0.0207. The van der Waals surface area contributed by atoms with Crippen LogP contribution in [0.4, 0.5) is 0 Å². The first-order chi connectivity index (χ1) is 9.42. The molecule has 1 amide bonds. The molecule has 1 atom stereocenters. The molecule has 20 heavy (non-hydrogen) atoms. The molecule has 5 nitrogen and oxygen atoms in total. The number of nitrogens with zero attached hydrogens (tertiary/aromatic N) is 2. The molecular weight excluding hydrogens is 274 g/mol. The summed E-state index contributed by atoms with van der Waals surface area (Å²) in [6, 6.07) is 1.94. The number of aromatic nitrogens is 2. The Morgan fingerprint density at radius 1 is 1.50 bits per heavy atom. The summed E-state index contributed by atoms with van der Waals surface area (Å²) >= 11 is 1.50. The first-order valence-corrected chi connectivity index (χ1v) is 7.51. The van der Waals surface area contributed by atoms with Gasteiger partial charge in [0.05, 0.1) is 5.39 Å². The highest BCUT2D eigenvalue weighted by Crippen LogP contribution is 2.20. The lowest BCUT2D eigenvalue weighted by Gasteiger charge is -2.13. The molecule has 0 aliphatic rings. The first-order valence-electron chi connectivity index (χ1n) is 6.69. The van der Waals surface area contributed by atoms with Gasteiger partial charge in [-0.3, -0.25) is 14.2 Å². The van der Waals surface area contributed by atoms with E-state index in [2.05, 4.69) is 10.3 Å². The summed E-state index contributed by atoms with van der Waals surface area (Å²) < 4.78 is 1.44. The fourth-order valence-corrected chi connectivity index (χ4v) is 2.91. The fourth-order valence-electron chi connectivity index (χ4n) is 1.99. The second kappa shape index (κ2) is 5.75. The zero-order valence-corrected chi connectivity index (χ0v) is 13.0. The Balaban J connectivity index is 2.34. The SMILES string of the molecule is CCC(C)NC(=O)Cn1c(C)nc2sc(C)cc2c1=O. The molecule has 2 aromatic heterocycles. The summed E-state index contributed by atoms with van der Waals surface area (Å²) in [5.74, 6) is 0.418. The number of hydrogen-bond acceptors (Lipinski definition) is 4. The average molecular weight is 293 g/mol. The van der Waals surface area contributed by atoms with Crippen LogP contribution < -0.4 is 10.9 Å². The summed E-state index contributed by atoms with van der Waals surface area (Å²) in [6.07, 6.45) is 0.862. The third kappa shape index (κ3) is 2.90. The fraction of sp³-hybridized carbons (Fsp3) is 0.500. The molecule has 108 valence electrons. The van der Waals surface area contributed by atoms with Gasteiger partial charge in [-0.1, -0.05) is 6.92 Å². The van der Waals surface area contributed by atoms with Gasteiger partial charge in [-0.2, -0.15) is 0 Å². The van der Waals surface area contributed by atoms with Gasteiger partial charge in [-0.25, -0.2) is 4.98 Å². The maximum Gasteiger partial charge on any atom is 0.262 e. The quantitative estimate of drug-likeness (QED) is 0.937. The van der Waals surface area contributed by atoms with E-state index in [1.807, 2.05) is 26.8 Å². The van der Waals surface area contributed by atoms with Gasteiger partial charge in [-0.05, 0) is 33.3 Å². The van der Waals surface area contributed by atoms with Gasteiger partial charge >= 0.3 is 0 Å².